The van der Waals surface area contributed by atoms with Crippen LogP contribution in [0.2, 0.25) is 0 Å². The minimum atomic E-state index is -2.16. The van der Waals surface area contributed by atoms with Gasteiger partial charge in [0.15, 0.2) is 0 Å². The minimum absolute atomic E-state index is 0.0529. The molecule has 5 nitrogen and oxygen atoms in total. The quantitative estimate of drug-likeness (QED) is 0.439. The van der Waals surface area contributed by atoms with E-state index in [1.54, 1.807) is 19.2 Å². The predicted molar refractivity (Wildman–Crippen MR) is 115 cm³/mol. The van der Waals surface area contributed by atoms with E-state index in [9.17, 15) is 13.6 Å². The van der Waals surface area contributed by atoms with Crippen molar-refractivity contribution < 1.29 is 23.0 Å². The van der Waals surface area contributed by atoms with Crippen molar-refractivity contribution in [1.82, 2.24) is 0 Å². The Bertz CT molecular complexity index is 1130. The molecule has 0 N–H and O–H groups in total. The van der Waals surface area contributed by atoms with Crippen molar-refractivity contribution in [3.63, 3.8) is 0 Å². The van der Waals surface area contributed by atoms with E-state index in [1.165, 1.54) is 0 Å². The van der Waals surface area contributed by atoms with Gasteiger partial charge in [-0.3, -0.25) is 4.21 Å². The first-order valence-electron chi connectivity index (χ1n) is 9.36. The minimum Gasteiger partial charge on any atom is -0.772 e. The predicted octanol–water partition coefficient (Wildman–Crippen LogP) is 4.32. The molecule has 0 saturated carbocycles. The van der Waals surface area contributed by atoms with E-state index in [2.05, 4.69) is 0 Å². The third kappa shape index (κ3) is 3.92. The fourth-order valence-electron chi connectivity index (χ4n) is 3.64. The lowest BCUT2D eigenvalue weighted by molar-refractivity contribution is -0.108. The molecule has 1 aliphatic heterocycles. The van der Waals surface area contributed by atoms with Crippen LogP contribution < -0.4 is 9.47 Å². The van der Waals surface area contributed by atoms with Crippen molar-refractivity contribution in [3.05, 3.63) is 95.1 Å². The molecule has 3 aromatic rings. The number of carbonyl (C=O) groups is 1. The van der Waals surface area contributed by atoms with E-state index < -0.39 is 17.0 Å². The summed E-state index contributed by atoms with van der Waals surface area (Å²) in [5.74, 6) is 1.31. The van der Waals surface area contributed by atoms with Crippen molar-refractivity contribution in [1.29, 1.82) is 0 Å². The smallest absolute Gasteiger partial charge is 0.139 e. The molecule has 1 heterocycles. The fraction of sp³-hybridized carbons (Fsp3) is 0.125. The molecular weight excluding hydrogens is 400 g/mol. The van der Waals surface area contributed by atoms with E-state index in [4.69, 9.17) is 9.47 Å². The van der Waals surface area contributed by atoms with Gasteiger partial charge in [0.1, 0.15) is 23.5 Å². The van der Waals surface area contributed by atoms with Crippen LogP contribution in [0.3, 0.4) is 0 Å². The van der Waals surface area contributed by atoms with Crippen molar-refractivity contribution >= 4 is 28.7 Å². The average Bonchev–Trinajstić information content (AvgIpc) is 2.78. The summed E-state index contributed by atoms with van der Waals surface area (Å²) in [6, 6.07) is 22.1. The largest absolute Gasteiger partial charge is 0.772 e. The highest BCUT2D eigenvalue weighted by molar-refractivity contribution is 7.78. The average molecular weight is 419 g/mol. The highest BCUT2D eigenvalue weighted by atomic mass is 32.2. The van der Waals surface area contributed by atoms with Gasteiger partial charge in [0.05, 0.1) is 13.0 Å². The van der Waals surface area contributed by atoms with Crippen LogP contribution in [0.1, 0.15) is 28.2 Å². The normalized spacial score (nSPS) is 16.4. The standard InChI is InChI=1S/C24H20O5S/c1-28-19-6-4-5-18(13-19)23-21(14-25)20-7-2-3-8-22(20)29-24(23)17-11-9-16(10-12-17)15-30(26)27/h2-14,21H,15H2,1H3,(H,26,27)/p-1. The first-order valence-corrected chi connectivity index (χ1v) is 10.6. The summed E-state index contributed by atoms with van der Waals surface area (Å²) in [7, 11) is 1.59. The number of rotatable bonds is 6. The Morgan fingerprint density at radius 2 is 1.80 bits per heavy atom. The molecule has 0 radical (unpaired) electrons. The van der Waals surface area contributed by atoms with Gasteiger partial charge >= 0.3 is 0 Å². The molecule has 0 aliphatic carbocycles. The summed E-state index contributed by atoms with van der Waals surface area (Å²) in [5, 5.41) is 0. The molecule has 0 spiro atoms. The van der Waals surface area contributed by atoms with Crippen LogP contribution in [0, 0.1) is 0 Å². The molecule has 3 aromatic carbocycles. The number of allylic oxidation sites excluding steroid dienone is 1. The molecule has 0 saturated heterocycles. The van der Waals surface area contributed by atoms with E-state index in [0.717, 1.165) is 28.5 Å². The lowest BCUT2D eigenvalue weighted by atomic mass is 9.83. The maximum atomic E-state index is 12.2. The number of fused-ring (bicyclic) bond motifs is 1. The first kappa shape index (κ1) is 20.1. The highest BCUT2D eigenvalue weighted by Crippen LogP contribution is 2.46. The van der Waals surface area contributed by atoms with Crippen molar-refractivity contribution in [2.24, 2.45) is 0 Å². The number of aldehydes is 1. The van der Waals surface area contributed by atoms with Gasteiger partial charge in [-0.1, -0.05) is 65.7 Å². The maximum Gasteiger partial charge on any atom is 0.139 e. The number of hydrogen-bond acceptors (Lipinski definition) is 5. The van der Waals surface area contributed by atoms with Crippen LogP contribution in [0.25, 0.3) is 11.3 Å². The Balaban J connectivity index is 1.90. The molecule has 152 valence electrons. The number of para-hydroxylation sites is 1. The molecule has 0 amide bonds. The third-order valence-electron chi connectivity index (χ3n) is 5.04. The number of hydrogen-bond donors (Lipinski definition) is 0. The molecule has 0 fully saturated rings. The van der Waals surface area contributed by atoms with Gasteiger partial charge in [0.25, 0.3) is 0 Å². The highest BCUT2D eigenvalue weighted by Gasteiger charge is 2.31. The molecule has 2 unspecified atom stereocenters. The summed E-state index contributed by atoms with van der Waals surface area (Å²) in [6.45, 7) is 0. The second-order valence-corrected chi connectivity index (χ2v) is 7.77. The Labute approximate surface area is 177 Å². The second-order valence-electron chi connectivity index (χ2n) is 6.87. The van der Waals surface area contributed by atoms with E-state index >= 15 is 0 Å². The molecular formula is C24H19O5S-. The molecule has 0 aromatic heterocycles. The molecule has 0 bridgehead atoms. The number of benzene rings is 3. The van der Waals surface area contributed by atoms with Crippen LogP contribution in [0.15, 0.2) is 72.8 Å². The number of carbonyl (C=O) groups excluding carboxylic acids is 1. The molecule has 1 aliphatic rings. The number of ether oxygens (including phenoxy) is 2. The van der Waals surface area contributed by atoms with Gasteiger partial charge in [0.2, 0.25) is 0 Å². The number of methoxy groups -OCH3 is 1. The Hall–Kier alpha value is -3.22. The molecule has 2 atom stereocenters. The lowest BCUT2D eigenvalue weighted by Crippen LogP contribution is -2.15. The molecule has 6 heteroatoms. The summed E-state index contributed by atoms with van der Waals surface area (Å²) in [5.41, 5.74) is 3.80. The van der Waals surface area contributed by atoms with Gasteiger partial charge in [-0.05, 0) is 29.3 Å². The summed E-state index contributed by atoms with van der Waals surface area (Å²) < 4.78 is 33.6. The van der Waals surface area contributed by atoms with Crippen molar-refractivity contribution in [3.8, 4) is 11.5 Å². The monoisotopic (exact) mass is 419 g/mol. The summed E-state index contributed by atoms with van der Waals surface area (Å²) in [6.07, 6.45) is 0.922. The van der Waals surface area contributed by atoms with Crippen LogP contribution in [0.5, 0.6) is 11.5 Å². The second kappa shape index (κ2) is 8.65. The molecule has 30 heavy (non-hydrogen) atoms. The van der Waals surface area contributed by atoms with Crippen LogP contribution >= 0.6 is 0 Å². The first-order chi connectivity index (χ1) is 14.6. The van der Waals surface area contributed by atoms with Crippen LogP contribution in [-0.4, -0.2) is 22.2 Å². The summed E-state index contributed by atoms with van der Waals surface area (Å²) >= 11 is -2.16. The Morgan fingerprint density at radius 1 is 1.03 bits per heavy atom. The van der Waals surface area contributed by atoms with Gasteiger partial charge in [-0.15, -0.1) is 0 Å². The van der Waals surface area contributed by atoms with Gasteiger partial charge in [-0.2, -0.15) is 0 Å². The zero-order valence-electron chi connectivity index (χ0n) is 16.2. The van der Waals surface area contributed by atoms with E-state index in [-0.39, 0.29) is 5.75 Å². The Morgan fingerprint density at radius 3 is 2.50 bits per heavy atom. The zero-order chi connectivity index (χ0) is 21.1. The fourth-order valence-corrected chi connectivity index (χ4v) is 4.10. The maximum absolute atomic E-state index is 12.2. The van der Waals surface area contributed by atoms with Crippen LogP contribution in [-0.2, 0) is 21.6 Å². The van der Waals surface area contributed by atoms with Gasteiger partial charge in [-0.25, -0.2) is 0 Å². The van der Waals surface area contributed by atoms with Crippen LogP contribution in [0.4, 0.5) is 0 Å². The van der Waals surface area contributed by atoms with Crippen molar-refractivity contribution in [2.45, 2.75) is 11.7 Å². The Kier molecular flexibility index (Phi) is 5.79. The molecule has 4 rings (SSSR count). The third-order valence-corrected chi connectivity index (χ3v) is 5.61. The van der Waals surface area contributed by atoms with Gasteiger partial charge < -0.3 is 18.8 Å². The zero-order valence-corrected chi connectivity index (χ0v) is 17.1. The van der Waals surface area contributed by atoms with Crippen molar-refractivity contribution in [2.75, 3.05) is 7.11 Å². The lowest BCUT2D eigenvalue weighted by Gasteiger charge is -2.28. The SMILES string of the molecule is COc1cccc(C2=C(c3ccc(CS(=O)[O-])cc3)Oc3ccccc3C2C=O)c1. The van der Waals surface area contributed by atoms with Gasteiger partial charge in [0, 0.05) is 22.5 Å². The van der Waals surface area contributed by atoms with E-state index in [0.29, 0.717) is 22.8 Å². The topological polar surface area (TPSA) is 75.7 Å². The van der Waals surface area contributed by atoms with E-state index in [1.807, 2.05) is 60.7 Å². The summed E-state index contributed by atoms with van der Waals surface area (Å²) in [4.78, 5) is 12.2.